The molecule has 0 radical (unpaired) electrons. The lowest BCUT2D eigenvalue weighted by atomic mass is 10.1. The number of benzene rings is 3. The molecule has 3 aromatic carbocycles. The minimum absolute atomic E-state index is 0.211. The van der Waals surface area contributed by atoms with E-state index < -0.39 is 0 Å². The Bertz CT molecular complexity index is 970. The molecule has 0 atom stereocenters. The summed E-state index contributed by atoms with van der Waals surface area (Å²) in [5.41, 5.74) is 2.50. The van der Waals surface area contributed by atoms with Gasteiger partial charge in [-0.25, -0.2) is 0 Å². The zero-order chi connectivity index (χ0) is 19.9. The Morgan fingerprint density at radius 3 is 2.14 bits per heavy atom. The molecule has 0 aliphatic heterocycles. The summed E-state index contributed by atoms with van der Waals surface area (Å²) in [5.74, 6) is 0.284. The van der Waals surface area contributed by atoms with E-state index in [4.69, 9.17) is 16.3 Å². The fourth-order valence-corrected chi connectivity index (χ4v) is 2.76. The molecule has 0 saturated heterocycles. The second-order valence-electron chi connectivity index (χ2n) is 6.07. The Morgan fingerprint density at radius 2 is 1.54 bits per heavy atom. The Labute approximate surface area is 168 Å². The molecule has 0 aliphatic rings. The number of halogens is 1. The van der Waals surface area contributed by atoms with Crippen LogP contribution >= 0.6 is 11.6 Å². The van der Waals surface area contributed by atoms with Crippen LogP contribution in [0.15, 0.2) is 72.8 Å². The molecule has 0 saturated carbocycles. The van der Waals surface area contributed by atoms with Crippen molar-refractivity contribution in [2.24, 2.45) is 0 Å². The van der Waals surface area contributed by atoms with E-state index in [1.165, 1.54) is 0 Å². The van der Waals surface area contributed by atoms with Gasteiger partial charge in [0.1, 0.15) is 5.75 Å². The molecule has 0 fully saturated rings. The van der Waals surface area contributed by atoms with Gasteiger partial charge in [0, 0.05) is 28.4 Å². The van der Waals surface area contributed by atoms with Crippen LogP contribution in [-0.4, -0.2) is 18.9 Å². The smallest absolute Gasteiger partial charge is 0.255 e. The van der Waals surface area contributed by atoms with Crippen molar-refractivity contribution in [3.05, 3.63) is 94.5 Å². The zero-order valence-electron chi connectivity index (χ0n) is 15.2. The third kappa shape index (κ3) is 5.11. The molecule has 6 heteroatoms. The average Bonchev–Trinajstić information content (AvgIpc) is 2.72. The van der Waals surface area contributed by atoms with Gasteiger partial charge < -0.3 is 15.4 Å². The SMILES string of the molecule is COc1ccc(CNC(=O)c2ccc(C(=O)Nc3cccc(Cl)c3)cc2)cc1. The molecule has 0 heterocycles. The van der Waals surface area contributed by atoms with Gasteiger partial charge in [-0.05, 0) is 60.2 Å². The highest BCUT2D eigenvalue weighted by molar-refractivity contribution is 6.31. The molecule has 3 rings (SSSR count). The molecule has 0 aliphatic carbocycles. The van der Waals surface area contributed by atoms with Crippen molar-refractivity contribution in [3.63, 3.8) is 0 Å². The van der Waals surface area contributed by atoms with Crippen molar-refractivity contribution >= 4 is 29.1 Å². The van der Waals surface area contributed by atoms with Gasteiger partial charge in [0.2, 0.25) is 0 Å². The van der Waals surface area contributed by atoms with Crippen LogP contribution in [0.25, 0.3) is 0 Å². The molecule has 2 amide bonds. The number of anilines is 1. The van der Waals surface area contributed by atoms with Gasteiger partial charge in [-0.1, -0.05) is 29.8 Å². The second-order valence-corrected chi connectivity index (χ2v) is 6.51. The number of hydrogen-bond donors (Lipinski definition) is 2. The number of carbonyl (C=O) groups excluding carboxylic acids is 2. The van der Waals surface area contributed by atoms with E-state index in [1.807, 2.05) is 24.3 Å². The Balaban J connectivity index is 1.58. The fourth-order valence-electron chi connectivity index (χ4n) is 2.57. The van der Waals surface area contributed by atoms with E-state index in [9.17, 15) is 9.59 Å². The maximum Gasteiger partial charge on any atom is 0.255 e. The van der Waals surface area contributed by atoms with Gasteiger partial charge in [-0.2, -0.15) is 0 Å². The number of rotatable bonds is 6. The summed E-state index contributed by atoms with van der Waals surface area (Å²) in [6.45, 7) is 0.403. The van der Waals surface area contributed by atoms with Crippen LogP contribution in [0.2, 0.25) is 5.02 Å². The summed E-state index contributed by atoms with van der Waals surface area (Å²) in [6.07, 6.45) is 0. The van der Waals surface area contributed by atoms with Crippen molar-refractivity contribution in [1.29, 1.82) is 0 Å². The molecular formula is C22H19ClN2O3. The van der Waals surface area contributed by atoms with Crippen molar-refractivity contribution in [2.45, 2.75) is 6.54 Å². The molecule has 28 heavy (non-hydrogen) atoms. The van der Waals surface area contributed by atoms with Gasteiger partial charge in [0.15, 0.2) is 0 Å². The molecule has 0 unspecified atom stereocenters. The van der Waals surface area contributed by atoms with Gasteiger partial charge in [0.05, 0.1) is 7.11 Å². The summed E-state index contributed by atoms with van der Waals surface area (Å²) in [6, 6.07) is 20.8. The third-order valence-corrected chi connectivity index (χ3v) is 4.34. The molecular weight excluding hydrogens is 376 g/mol. The topological polar surface area (TPSA) is 67.4 Å². The first-order valence-electron chi connectivity index (χ1n) is 8.63. The normalized spacial score (nSPS) is 10.2. The highest BCUT2D eigenvalue weighted by Crippen LogP contribution is 2.16. The highest BCUT2D eigenvalue weighted by atomic mass is 35.5. The summed E-state index contributed by atoms with van der Waals surface area (Å²) in [4.78, 5) is 24.6. The monoisotopic (exact) mass is 394 g/mol. The number of ether oxygens (including phenoxy) is 1. The standard InChI is InChI=1S/C22H19ClN2O3/c1-28-20-11-5-15(6-12-20)14-24-21(26)16-7-9-17(10-8-16)22(27)25-19-4-2-3-18(23)13-19/h2-13H,14H2,1H3,(H,24,26)(H,25,27). The largest absolute Gasteiger partial charge is 0.497 e. The number of hydrogen-bond acceptors (Lipinski definition) is 3. The molecule has 3 aromatic rings. The van der Waals surface area contributed by atoms with Gasteiger partial charge >= 0.3 is 0 Å². The predicted molar refractivity (Wildman–Crippen MR) is 110 cm³/mol. The van der Waals surface area contributed by atoms with Crippen LogP contribution in [0, 0.1) is 0 Å². The van der Waals surface area contributed by atoms with E-state index in [0.717, 1.165) is 11.3 Å². The minimum Gasteiger partial charge on any atom is -0.497 e. The van der Waals surface area contributed by atoms with Crippen LogP contribution in [0.5, 0.6) is 5.75 Å². The molecule has 142 valence electrons. The van der Waals surface area contributed by atoms with Crippen molar-refractivity contribution in [3.8, 4) is 5.75 Å². The summed E-state index contributed by atoms with van der Waals surface area (Å²) in [5, 5.41) is 6.17. The Kier molecular flexibility index (Phi) is 6.29. The lowest BCUT2D eigenvalue weighted by molar-refractivity contribution is 0.0949. The first-order valence-corrected chi connectivity index (χ1v) is 9.01. The maximum absolute atomic E-state index is 12.3. The first kappa shape index (κ1) is 19.5. The van der Waals surface area contributed by atoms with E-state index >= 15 is 0 Å². The van der Waals surface area contributed by atoms with E-state index in [1.54, 1.807) is 55.6 Å². The Morgan fingerprint density at radius 1 is 0.893 bits per heavy atom. The van der Waals surface area contributed by atoms with Crippen LogP contribution in [-0.2, 0) is 6.54 Å². The summed E-state index contributed by atoms with van der Waals surface area (Å²) >= 11 is 5.92. The second kappa shape index (κ2) is 9.06. The van der Waals surface area contributed by atoms with E-state index in [2.05, 4.69) is 10.6 Å². The van der Waals surface area contributed by atoms with Gasteiger partial charge in [-0.3, -0.25) is 9.59 Å². The lowest BCUT2D eigenvalue weighted by Crippen LogP contribution is -2.23. The Hall–Kier alpha value is -3.31. The van der Waals surface area contributed by atoms with Crippen molar-refractivity contribution in [2.75, 3.05) is 12.4 Å². The van der Waals surface area contributed by atoms with Crippen LogP contribution in [0.3, 0.4) is 0 Å². The van der Waals surface area contributed by atoms with Gasteiger partial charge in [0.25, 0.3) is 11.8 Å². The molecule has 0 bridgehead atoms. The summed E-state index contributed by atoms with van der Waals surface area (Å²) in [7, 11) is 1.61. The number of amides is 2. The minimum atomic E-state index is -0.271. The van der Waals surface area contributed by atoms with E-state index in [-0.39, 0.29) is 11.8 Å². The molecule has 0 aromatic heterocycles. The van der Waals surface area contributed by atoms with Crippen molar-refractivity contribution < 1.29 is 14.3 Å². The van der Waals surface area contributed by atoms with Crippen molar-refractivity contribution in [1.82, 2.24) is 5.32 Å². The number of methoxy groups -OCH3 is 1. The zero-order valence-corrected chi connectivity index (χ0v) is 16.0. The van der Waals surface area contributed by atoms with Gasteiger partial charge in [-0.15, -0.1) is 0 Å². The fraction of sp³-hybridized carbons (Fsp3) is 0.0909. The molecule has 0 spiro atoms. The predicted octanol–water partition coefficient (Wildman–Crippen LogP) is 4.53. The van der Waals surface area contributed by atoms with E-state index in [0.29, 0.717) is 28.4 Å². The summed E-state index contributed by atoms with van der Waals surface area (Å²) < 4.78 is 5.11. The van der Waals surface area contributed by atoms with Crippen LogP contribution in [0.1, 0.15) is 26.3 Å². The first-order chi connectivity index (χ1) is 13.5. The number of nitrogens with one attached hydrogen (secondary N) is 2. The number of carbonyl (C=O) groups is 2. The van der Waals surface area contributed by atoms with Crippen LogP contribution in [0.4, 0.5) is 5.69 Å². The highest BCUT2D eigenvalue weighted by Gasteiger charge is 2.09. The third-order valence-electron chi connectivity index (χ3n) is 4.10. The maximum atomic E-state index is 12.3. The molecule has 5 nitrogen and oxygen atoms in total. The average molecular weight is 395 g/mol. The quantitative estimate of drug-likeness (QED) is 0.645. The van der Waals surface area contributed by atoms with Crippen LogP contribution < -0.4 is 15.4 Å². The molecule has 2 N–H and O–H groups in total. The lowest BCUT2D eigenvalue weighted by Gasteiger charge is -2.08.